The second kappa shape index (κ2) is 5.29. The molecule has 1 aromatic carbocycles. The van der Waals surface area contributed by atoms with Gasteiger partial charge >= 0.3 is 0 Å². The Morgan fingerprint density at radius 1 is 1.50 bits per heavy atom. The summed E-state index contributed by atoms with van der Waals surface area (Å²) in [7, 11) is 0. The van der Waals surface area contributed by atoms with Crippen LogP contribution < -0.4 is 10.1 Å². The zero-order valence-electron chi connectivity index (χ0n) is 11.5. The summed E-state index contributed by atoms with van der Waals surface area (Å²) in [5.41, 5.74) is 1.92. The molecule has 0 saturated heterocycles. The Morgan fingerprint density at radius 3 is 3.00 bits per heavy atom. The third-order valence-corrected chi connectivity index (χ3v) is 3.76. The molecule has 2 atom stereocenters. The summed E-state index contributed by atoms with van der Waals surface area (Å²) in [5, 5.41) is 13.4. The van der Waals surface area contributed by atoms with Gasteiger partial charge in [-0.2, -0.15) is 0 Å². The van der Waals surface area contributed by atoms with Crippen LogP contribution in [-0.4, -0.2) is 23.9 Å². The van der Waals surface area contributed by atoms with Gasteiger partial charge < -0.3 is 15.2 Å². The molecule has 2 N–H and O–H groups in total. The van der Waals surface area contributed by atoms with Gasteiger partial charge in [0.15, 0.2) is 0 Å². The first kappa shape index (κ1) is 13.4. The highest BCUT2D eigenvalue weighted by Crippen LogP contribution is 2.28. The Hall–Kier alpha value is -1.06. The van der Waals surface area contributed by atoms with E-state index < -0.39 is 5.60 Å². The first-order chi connectivity index (χ1) is 8.52. The Balaban J connectivity index is 1.99. The van der Waals surface area contributed by atoms with Crippen molar-refractivity contribution in [2.75, 3.05) is 13.2 Å². The lowest BCUT2D eigenvalue weighted by Gasteiger charge is -2.25. The predicted molar refractivity (Wildman–Crippen MR) is 73.0 cm³/mol. The molecule has 0 spiro atoms. The summed E-state index contributed by atoms with van der Waals surface area (Å²) in [5.74, 6) is 1.02. The summed E-state index contributed by atoms with van der Waals surface area (Å²) < 4.78 is 5.50. The van der Waals surface area contributed by atoms with Gasteiger partial charge in [0, 0.05) is 19.0 Å². The summed E-state index contributed by atoms with van der Waals surface area (Å²) in [6, 6.07) is 6.60. The van der Waals surface area contributed by atoms with E-state index in [1.807, 2.05) is 19.9 Å². The molecular formula is C15H23NO2. The third kappa shape index (κ3) is 3.03. The number of fused-ring (bicyclic) bond motifs is 1. The normalized spacial score (nSPS) is 18.9. The number of hydrogen-bond donors (Lipinski definition) is 2. The molecule has 0 saturated carbocycles. The van der Waals surface area contributed by atoms with Gasteiger partial charge in [0.05, 0.1) is 12.2 Å². The van der Waals surface area contributed by atoms with E-state index in [4.69, 9.17) is 4.74 Å². The van der Waals surface area contributed by atoms with Crippen molar-refractivity contribution in [3.8, 4) is 5.75 Å². The molecule has 100 valence electrons. The maximum Gasteiger partial charge on any atom is 0.122 e. The predicted octanol–water partition coefficient (Wildman–Crippen LogP) is 2.43. The third-order valence-electron chi connectivity index (χ3n) is 3.76. The largest absolute Gasteiger partial charge is 0.493 e. The molecule has 0 fully saturated rings. The van der Waals surface area contributed by atoms with Crippen LogP contribution >= 0.6 is 0 Å². The van der Waals surface area contributed by atoms with Gasteiger partial charge in [-0.1, -0.05) is 19.1 Å². The van der Waals surface area contributed by atoms with Crippen LogP contribution in [0.3, 0.4) is 0 Å². The summed E-state index contributed by atoms with van der Waals surface area (Å²) in [6.45, 7) is 7.40. The minimum atomic E-state index is -0.631. The molecule has 2 unspecified atom stereocenters. The van der Waals surface area contributed by atoms with E-state index in [2.05, 4.69) is 24.4 Å². The SMILES string of the molecule is CCC(C)(O)CNC(C)c1ccc2c(c1)CCO2. The number of ether oxygens (including phenoxy) is 1. The zero-order chi connectivity index (χ0) is 13.2. The van der Waals surface area contributed by atoms with Crippen LogP contribution in [0.5, 0.6) is 5.75 Å². The van der Waals surface area contributed by atoms with Crippen LogP contribution in [0, 0.1) is 0 Å². The molecule has 1 heterocycles. The molecule has 0 bridgehead atoms. The zero-order valence-corrected chi connectivity index (χ0v) is 11.5. The van der Waals surface area contributed by atoms with Gasteiger partial charge in [0.25, 0.3) is 0 Å². The monoisotopic (exact) mass is 249 g/mol. The van der Waals surface area contributed by atoms with Crippen molar-refractivity contribution < 1.29 is 9.84 Å². The highest BCUT2D eigenvalue weighted by Gasteiger charge is 2.19. The van der Waals surface area contributed by atoms with Crippen molar-refractivity contribution in [1.29, 1.82) is 0 Å². The van der Waals surface area contributed by atoms with E-state index in [9.17, 15) is 5.11 Å². The summed E-state index contributed by atoms with van der Waals surface area (Å²) in [6.07, 6.45) is 1.76. The van der Waals surface area contributed by atoms with Gasteiger partial charge in [-0.05, 0) is 37.5 Å². The highest BCUT2D eigenvalue weighted by atomic mass is 16.5. The number of benzene rings is 1. The van der Waals surface area contributed by atoms with Crippen LogP contribution in [0.1, 0.15) is 44.4 Å². The van der Waals surface area contributed by atoms with E-state index >= 15 is 0 Å². The Kier molecular flexibility index (Phi) is 3.93. The van der Waals surface area contributed by atoms with Crippen molar-refractivity contribution in [3.05, 3.63) is 29.3 Å². The Bertz CT molecular complexity index is 415. The van der Waals surface area contributed by atoms with Crippen molar-refractivity contribution in [1.82, 2.24) is 5.32 Å². The van der Waals surface area contributed by atoms with E-state index in [0.717, 1.165) is 25.2 Å². The molecule has 3 nitrogen and oxygen atoms in total. The molecule has 0 aliphatic carbocycles. The summed E-state index contributed by atoms with van der Waals surface area (Å²) >= 11 is 0. The number of rotatable bonds is 5. The number of nitrogens with one attached hydrogen (secondary N) is 1. The molecule has 18 heavy (non-hydrogen) atoms. The topological polar surface area (TPSA) is 41.5 Å². The fraction of sp³-hybridized carbons (Fsp3) is 0.600. The number of aliphatic hydroxyl groups is 1. The maximum atomic E-state index is 9.99. The smallest absolute Gasteiger partial charge is 0.122 e. The first-order valence-electron chi connectivity index (χ1n) is 6.73. The van der Waals surface area contributed by atoms with Gasteiger partial charge in [0.1, 0.15) is 5.75 Å². The molecule has 1 aliphatic rings. The van der Waals surface area contributed by atoms with Crippen LogP contribution in [0.25, 0.3) is 0 Å². The minimum Gasteiger partial charge on any atom is -0.493 e. The van der Waals surface area contributed by atoms with Crippen LogP contribution in [-0.2, 0) is 6.42 Å². The fourth-order valence-electron chi connectivity index (χ4n) is 2.09. The van der Waals surface area contributed by atoms with Crippen molar-refractivity contribution in [2.45, 2.75) is 45.3 Å². The first-order valence-corrected chi connectivity index (χ1v) is 6.73. The second-order valence-corrected chi connectivity index (χ2v) is 5.42. The van der Waals surface area contributed by atoms with Gasteiger partial charge in [-0.25, -0.2) is 0 Å². The average molecular weight is 249 g/mol. The molecule has 1 aliphatic heterocycles. The summed E-state index contributed by atoms with van der Waals surface area (Å²) in [4.78, 5) is 0. The molecule has 3 heteroatoms. The average Bonchev–Trinajstić information content (AvgIpc) is 2.83. The number of hydrogen-bond acceptors (Lipinski definition) is 3. The lowest BCUT2D eigenvalue weighted by Crippen LogP contribution is -2.38. The van der Waals surface area contributed by atoms with Crippen LogP contribution in [0.4, 0.5) is 0 Å². The van der Waals surface area contributed by atoms with E-state index in [1.54, 1.807) is 0 Å². The van der Waals surface area contributed by atoms with Crippen molar-refractivity contribution in [3.63, 3.8) is 0 Å². The van der Waals surface area contributed by atoms with Crippen molar-refractivity contribution in [2.24, 2.45) is 0 Å². The molecule has 0 amide bonds. The lowest BCUT2D eigenvalue weighted by atomic mass is 10.0. The molecule has 0 aromatic heterocycles. The second-order valence-electron chi connectivity index (χ2n) is 5.42. The van der Waals surface area contributed by atoms with E-state index in [0.29, 0.717) is 6.54 Å². The van der Waals surface area contributed by atoms with E-state index in [-0.39, 0.29) is 6.04 Å². The van der Waals surface area contributed by atoms with Crippen LogP contribution in [0.2, 0.25) is 0 Å². The van der Waals surface area contributed by atoms with Gasteiger partial charge in [0.2, 0.25) is 0 Å². The maximum absolute atomic E-state index is 9.99. The van der Waals surface area contributed by atoms with Crippen LogP contribution in [0.15, 0.2) is 18.2 Å². The van der Waals surface area contributed by atoms with Crippen molar-refractivity contribution >= 4 is 0 Å². The molecule has 1 aromatic rings. The fourth-order valence-corrected chi connectivity index (χ4v) is 2.09. The van der Waals surface area contributed by atoms with Gasteiger partial charge in [-0.15, -0.1) is 0 Å². The lowest BCUT2D eigenvalue weighted by molar-refractivity contribution is 0.0533. The quantitative estimate of drug-likeness (QED) is 0.842. The molecular weight excluding hydrogens is 226 g/mol. The molecule has 0 radical (unpaired) electrons. The highest BCUT2D eigenvalue weighted by molar-refractivity contribution is 5.40. The Labute approximate surface area is 109 Å². The minimum absolute atomic E-state index is 0.244. The van der Waals surface area contributed by atoms with E-state index in [1.165, 1.54) is 11.1 Å². The van der Waals surface area contributed by atoms with Gasteiger partial charge in [-0.3, -0.25) is 0 Å². The standard InChI is InChI=1S/C15H23NO2/c1-4-15(3,17)10-16-11(2)12-5-6-14-13(9-12)7-8-18-14/h5-6,9,11,16-17H,4,7-8,10H2,1-3H3. The molecule has 2 rings (SSSR count). The Morgan fingerprint density at radius 2 is 2.28 bits per heavy atom.